The minimum absolute atomic E-state index is 0.572. The van der Waals surface area contributed by atoms with E-state index in [0.717, 1.165) is 17.5 Å². The average molecular weight is 302 g/mol. The summed E-state index contributed by atoms with van der Waals surface area (Å²) in [7, 11) is 0. The molecule has 0 aliphatic heterocycles. The fraction of sp³-hybridized carbons (Fsp3) is 0.182. The Bertz CT molecular complexity index is 727. The molecule has 1 nitrogen and oxygen atoms in total. The highest BCUT2D eigenvalue weighted by molar-refractivity contribution is 5.64. The highest BCUT2D eigenvalue weighted by Crippen LogP contribution is 2.26. The van der Waals surface area contributed by atoms with Crippen LogP contribution in [0.25, 0.3) is 11.1 Å². The summed E-state index contributed by atoms with van der Waals surface area (Å²) in [6.07, 6.45) is 1.73. The molecule has 0 aromatic heterocycles. The molecule has 0 aliphatic carbocycles. The van der Waals surface area contributed by atoms with Crippen molar-refractivity contribution < 1.29 is 5.11 Å². The predicted octanol–water partition coefficient (Wildman–Crippen LogP) is 5.39. The monoisotopic (exact) mass is 302 g/mol. The smallest absolute Gasteiger partial charge is 0.104 e. The predicted molar refractivity (Wildman–Crippen MR) is 96.4 cm³/mol. The quantitative estimate of drug-likeness (QED) is 0.670. The van der Waals surface area contributed by atoms with Crippen LogP contribution in [0.4, 0.5) is 0 Å². The molecule has 0 aliphatic rings. The fourth-order valence-corrected chi connectivity index (χ4v) is 2.84. The number of hydrogen-bond donors (Lipinski definition) is 1. The molecule has 0 fully saturated rings. The number of hydrogen-bond acceptors (Lipinski definition) is 1. The molecule has 1 atom stereocenters. The van der Waals surface area contributed by atoms with Crippen LogP contribution in [0.15, 0.2) is 78.9 Å². The van der Waals surface area contributed by atoms with Gasteiger partial charge in [0.05, 0.1) is 0 Å². The minimum Gasteiger partial charge on any atom is -0.384 e. The number of benzene rings is 3. The highest BCUT2D eigenvalue weighted by atomic mass is 16.3. The van der Waals surface area contributed by atoms with Crippen molar-refractivity contribution in [3.05, 3.63) is 95.6 Å². The van der Waals surface area contributed by atoms with Gasteiger partial charge in [-0.15, -0.1) is 0 Å². The molecule has 0 spiro atoms. The zero-order chi connectivity index (χ0) is 16.1. The maximum Gasteiger partial charge on any atom is 0.104 e. The lowest BCUT2D eigenvalue weighted by Crippen LogP contribution is -1.98. The van der Waals surface area contributed by atoms with Crippen molar-refractivity contribution in [2.24, 2.45) is 0 Å². The molecule has 0 amide bonds. The van der Waals surface area contributed by atoms with Gasteiger partial charge in [0.2, 0.25) is 0 Å². The Kier molecular flexibility index (Phi) is 4.89. The maximum atomic E-state index is 10.4. The van der Waals surface area contributed by atoms with Crippen molar-refractivity contribution in [1.82, 2.24) is 0 Å². The molecule has 0 saturated heterocycles. The van der Waals surface area contributed by atoms with Crippen LogP contribution in [-0.4, -0.2) is 5.11 Å². The first-order chi connectivity index (χ1) is 11.3. The van der Waals surface area contributed by atoms with Crippen LogP contribution < -0.4 is 0 Å². The Morgan fingerprint density at radius 3 is 1.78 bits per heavy atom. The van der Waals surface area contributed by atoms with Crippen molar-refractivity contribution >= 4 is 0 Å². The molecule has 1 heteroatoms. The summed E-state index contributed by atoms with van der Waals surface area (Å²) in [5.41, 5.74) is 5.61. The number of rotatable bonds is 5. The Balaban J connectivity index is 1.79. The Morgan fingerprint density at radius 2 is 1.22 bits per heavy atom. The fourth-order valence-electron chi connectivity index (χ4n) is 2.84. The molecular formula is C22H22O. The van der Waals surface area contributed by atoms with Crippen molar-refractivity contribution in [1.29, 1.82) is 0 Å². The zero-order valence-electron chi connectivity index (χ0n) is 13.4. The van der Waals surface area contributed by atoms with Crippen LogP contribution in [-0.2, 0) is 6.42 Å². The Labute approximate surface area is 138 Å². The molecule has 3 aromatic rings. The molecule has 116 valence electrons. The van der Waals surface area contributed by atoms with Gasteiger partial charge in [-0.25, -0.2) is 0 Å². The first-order valence-electron chi connectivity index (χ1n) is 8.20. The molecular weight excluding hydrogens is 280 g/mol. The third-order valence-corrected chi connectivity index (χ3v) is 4.17. The topological polar surface area (TPSA) is 20.2 Å². The van der Waals surface area contributed by atoms with E-state index in [1.807, 2.05) is 42.5 Å². The van der Waals surface area contributed by atoms with Gasteiger partial charge in [0.25, 0.3) is 0 Å². The van der Waals surface area contributed by atoms with Crippen LogP contribution in [0.5, 0.6) is 0 Å². The summed E-state index contributed by atoms with van der Waals surface area (Å²) in [5, 5.41) is 10.4. The lowest BCUT2D eigenvalue weighted by Gasteiger charge is -2.12. The van der Waals surface area contributed by atoms with Crippen molar-refractivity contribution in [3.63, 3.8) is 0 Å². The zero-order valence-corrected chi connectivity index (χ0v) is 13.4. The largest absolute Gasteiger partial charge is 0.384 e. The molecule has 0 radical (unpaired) electrons. The van der Waals surface area contributed by atoms with Gasteiger partial charge >= 0.3 is 0 Å². The first kappa shape index (κ1) is 15.5. The SMILES string of the molecule is CCCc1ccc(-c2ccc(C(O)c3ccccc3)cc2)cc1. The molecule has 0 saturated carbocycles. The number of aryl methyl sites for hydroxylation is 1. The van der Waals surface area contributed by atoms with Gasteiger partial charge in [0.1, 0.15) is 6.10 Å². The normalized spacial score (nSPS) is 12.1. The lowest BCUT2D eigenvalue weighted by atomic mass is 9.97. The molecule has 0 heterocycles. The van der Waals surface area contributed by atoms with Gasteiger partial charge in [-0.3, -0.25) is 0 Å². The van der Waals surface area contributed by atoms with Gasteiger partial charge in [-0.05, 0) is 34.2 Å². The molecule has 1 N–H and O–H groups in total. The van der Waals surface area contributed by atoms with E-state index in [9.17, 15) is 5.11 Å². The highest BCUT2D eigenvalue weighted by Gasteiger charge is 2.09. The molecule has 23 heavy (non-hydrogen) atoms. The van der Waals surface area contributed by atoms with Gasteiger partial charge in [0.15, 0.2) is 0 Å². The number of aliphatic hydroxyl groups is 1. The van der Waals surface area contributed by atoms with Crippen LogP contribution >= 0.6 is 0 Å². The van der Waals surface area contributed by atoms with E-state index in [-0.39, 0.29) is 0 Å². The Hall–Kier alpha value is -2.38. The van der Waals surface area contributed by atoms with Crippen LogP contribution in [0.1, 0.15) is 36.1 Å². The minimum atomic E-state index is -0.572. The second kappa shape index (κ2) is 7.26. The van der Waals surface area contributed by atoms with Crippen LogP contribution in [0.2, 0.25) is 0 Å². The summed E-state index contributed by atoms with van der Waals surface area (Å²) in [5.74, 6) is 0. The maximum absolute atomic E-state index is 10.4. The van der Waals surface area contributed by atoms with E-state index in [1.165, 1.54) is 23.1 Å². The van der Waals surface area contributed by atoms with E-state index in [0.29, 0.717) is 0 Å². The third kappa shape index (κ3) is 3.69. The van der Waals surface area contributed by atoms with Crippen LogP contribution in [0, 0.1) is 0 Å². The van der Waals surface area contributed by atoms with Crippen LogP contribution in [0.3, 0.4) is 0 Å². The summed E-state index contributed by atoms with van der Waals surface area (Å²) in [6.45, 7) is 2.20. The second-order valence-corrected chi connectivity index (χ2v) is 5.88. The van der Waals surface area contributed by atoms with E-state index >= 15 is 0 Å². The van der Waals surface area contributed by atoms with E-state index in [1.54, 1.807) is 0 Å². The standard InChI is InChI=1S/C22H22O/c1-2-6-17-9-11-18(12-10-17)19-13-15-21(16-14-19)22(23)20-7-4-3-5-8-20/h3-5,7-16,22-23H,2,6H2,1H3. The van der Waals surface area contributed by atoms with Crippen molar-refractivity contribution in [2.45, 2.75) is 25.9 Å². The average Bonchev–Trinajstić information content (AvgIpc) is 2.63. The summed E-state index contributed by atoms with van der Waals surface area (Å²) < 4.78 is 0. The second-order valence-electron chi connectivity index (χ2n) is 5.88. The molecule has 3 aromatic carbocycles. The van der Waals surface area contributed by atoms with E-state index in [2.05, 4.69) is 43.3 Å². The van der Waals surface area contributed by atoms with Gasteiger partial charge in [-0.2, -0.15) is 0 Å². The Morgan fingerprint density at radius 1 is 0.696 bits per heavy atom. The van der Waals surface area contributed by atoms with E-state index < -0.39 is 6.10 Å². The first-order valence-corrected chi connectivity index (χ1v) is 8.20. The van der Waals surface area contributed by atoms with Crippen molar-refractivity contribution in [2.75, 3.05) is 0 Å². The molecule has 0 bridgehead atoms. The third-order valence-electron chi connectivity index (χ3n) is 4.17. The summed E-state index contributed by atoms with van der Waals surface area (Å²) >= 11 is 0. The molecule has 3 rings (SSSR count). The van der Waals surface area contributed by atoms with Gasteiger partial charge in [-0.1, -0.05) is 92.2 Å². The van der Waals surface area contributed by atoms with Gasteiger partial charge < -0.3 is 5.11 Å². The summed E-state index contributed by atoms with van der Waals surface area (Å²) in [6, 6.07) is 26.7. The van der Waals surface area contributed by atoms with Crippen molar-refractivity contribution in [3.8, 4) is 11.1 Å². The lowest BCUT2D eigenvalue weighted by molar-refractivity contribution is 0.220. The van der Waals surface area contributed by atoms with E-state index in [4.69, 9.17) is 0 Å². The number of aliphatic hydroxyl groups excluding tert-OH is 1. The van der Waals surface area contributed by atoms with Gasteiger partial charge in [0, 0.05) is 0 Å². The molecule has 1 unspecified atom stereocenters. The summed E-state index contributed by atoms with van der Waals surface area (Å²) in [4.78, 5) is 0.